The summed E-state index contributed by atoms with van der Waals surface area (Å²) >= 11 is 0. The molecule has 0 radical (unpaired) electrons. The Balaban J connectivity index is 1.59. The quantitative estimate of drug-likeness (QED) is 0.0252. The van der Waals surface area contributed by atoms with E-state index in [0.717, 1.165) is 34.6 Å². The van der Waals surface area contributed by atoms with Gasteiger partial charge >= 0.3 is 11.9 Å². The van der Waals surface area contributed by atoms with Crippen LogP contribution in [-0.4, -0.2) is 370 Å². The number of aliphatic carboxylic acids is 2. The van der Waals surface area contributed by atoms with E-state index in [1.807, 2.05) is 0 Å². The second kappa shape index (κ2) is 52.8. The van der Waals surface area contributed by atoms with Crippen LogP contribution in [0.4, 0.5) is 0 Å². The van der Waals surface area contributed by atoms with E-state index in [1.54, 1.807) is 0 Å². The van der Waals surface area contributed by atoms with Crippen LogP contribution in [0.1, 0.15) is 140 Å². The molecule has 712 valence electrons. The molecule has 4 saturated heterocycles. The number of primary amides is 2. The summed E-state index contributed by atoms with van der Waals surface area (Å²) in [6, 6.07) is -18.2. The normalized spacial score (nSPS) is 28.4. The average molecular weight is 1800 g/mol. The Morgan fingerprint density at radius 2 is 0.680 bits per heavy atom. The highest BCUT2D eigenvalue weighted by Crippen LogP contribution is 2.37. The van der Waals surface area contributed by atoms with Crippen LogP contribution in [0, 0.1) is 0 Å². The van der Waals surface area contributed by atoms with Crippen LogP contribution in [-0.2, 0) is 124 Å². The number of hydrogen-bond donors (Lipinski definition) is 25. The Bertz CT molecular complexity index is 3620. The van der Waals surface area contributed by atoms with Crippen LogP contribution >= 0.6 is 0 Å². The number of carbonyl (C=O) groups is 16. The zero-order valence-electron chi connectivity index (χ0n) is 71.3. The van der Waals surface area contributed by atoms with Crippen molar-refractivity contribution < 1.29 is 170 Å². The number of carbonyl (C=O) groups excluding carboxylic acids is 14. The van der Waals surface area contributed by atoms with Crippen molar-refractivity contribution in [2.75, 3.05) is 46.1 Å². The number of unbranched alkanes of at least 4 members (excludes halogenated alkanes) is 2. The van der Waals surface area contributed by atoms with Crippen molar-refractivity contribution in [1.29, 1.82) is 0 Å². The predicted molar refractivity (Wildman–Crippen MR) is 422 cm³/mol. The third-order valence-electron chi connectivity index (χ3n) is 20.3. The second-order valence-corrected chi connectivity index (χ2v) is 30.4. The van der Waals surface area contributed by atoms with Crippen molar-refractivity contribution >= 4 is 94.6 Å². The summed E-state index contributed by atoms with van der Waals surface area (Å²) < 4.78 is 61.7. The lowest BCUT2D eigenvalue weighted by molar-refractivity contribution is -0.364. The van der Waals surface area contributed by atoms with Gasteiger partial charge in [-0.1, -0.05) is 0 Å². The number of rotatable bonds is 52. The van der Waals surface area contributed by atoms with Crippen LogP contribution in [0.15, 0.2) is 0 Å². The SMILES string of the molecule is CCO[C@@H]1O[C@H](CO)[C@@H](O[C@@H]2O[C@H](CO)[C@@H](O[C@@H]3O[C@H](CO)[C@@H](O[C@@H]4O[C@H](CO)[C@@H](O)[C@H](O[C@H](C)C(=O)N[C@@H](C)C(=O)N[C@H](CCC(=O)N[C@@H](CCCCN)C(=O)N[C@H](C)C(=O)O)C(N)=O)[C@H]4NC(C)=O)[C@H](O)[C@H]3NC(C)=O)[C@H](O)[C@H]2NC(C)=O)[C@H](O[C@H](C)C(=O)N[C@@H](C)C(=O)N[C@H](CCC(=O)N[C@@H](CCCCN)C(=O)N[C@H](C)C(=O)O)C(N)=O)[C@H]1NC(C)=O. The van der Waals surface area contributed by atoms with Crippen molar-refractivity contribution in [2.24, 2.45) is 22.9 Å². The first-order valence-electron chi connectivity index (χ1n) is 40.7. The summed E-state index contributed by atoms with van der Waals surface area (Å²) in [5.41, 5.74) is 22.3. The molecule has 4 aliphatic heterocycles. The summed E-state index contributed by atoms with van der Waals surface area (Å²) in [5.74, 6) is -15.7. The molecule has 0 aliphatic carbocycles. The van der Waals surface area contributed by atoms with Gasteiger partial charge in [-0.05, 0) is 113 Å². The molecule has 0 aromatic carbocycles. The standard InChI is InChI=1S/C74H126N16O35/c1-12-116-71-52(86-38(11)98)60(118-34(7)66(109)80-30(3)64(107)90-40(62(78)105)20-22-48(100)88-42(18-14-16-24-76)68(111)82-32(5)70(114)115)58(46(28-94)120-71)125-73-50(84-36(9)96)55(103)56(44(26-92)122-73)123-72-49(83-35(8)95)54(102)57(45(27-93)121-72)124-74-51(85-37(10)97)59(53(101)43(25-91)119-74)117-33(6)65(108)79-29(2)63(106)89-39(61(77)104)19-21-47(99)87-41(17-13-15-23-75)67(110)81-31(4)69(112)113/h29-34,39-46,49-60,71-74,91-94,101-103H,12-28,75-76H2,1-11H3,(H2,77,104)(H2,78,105)(H,79,108)(H,80,109)(H,81,110)(H,82,111)(H,83,95)(H,84,96)(H,85,97)(H,86,98)(H,87,99)(H,88,100)(H,89,106)(H,90,107)(H,112,113)(H,114,115)/t29-,30-,31+,32+,33+,34+,39+,40+,41-,42-,43+,44+,45+,46+,49+,50+,51+,52+,53+,54+,55+,56+,57+,58+,59+,60+,71+,72-,73-,74-/m0/s1. The van der Waals surface area contributed by atoms with Crippen molar-refractivity contribution in [1.82, 2.24) is 63.8 Å². The fraction of sp³-hybridized carbons (Fsp3) is 0.784. The summed E-state index contributed by atoms with van der Waals surface area (Å²) in [6.07, 6.45) is -33.6. The van der Waals surface area contributed by atoms with Gasteiger partial charge in [0, 0.05) is 47.1 Å². The molecule has 30 atom stereocenters. The molecule has 4 heterocycles. The van der Waals surface area contributed by atoms with E-state index < -0.39 is 330 Å². The highest BCUT2D eigenvalue weighted by atomic mass is 16.8. The van der Waals surface area contributed by atoms with Crippen molar-refractivity contribution in [3.8, 4) is 0 Å². The molecule has 0 aromatic rings. The summed E-state index contributed by atoms with van der Waals surface area (Å²) in [5, 5.41) is 128. The van der Waals surface area contributed by atoms with Gasteiger partial charge in [-0.2, -0.15) is 0 Å². The summed E-state index contributed by atoms with van der Waals surface area (Å²) in [4.78, 5) is 208. The van der Waals surface area contributed by atoms with E-state index >= 15 is 0 Å². The lowest BCUT2D eigenvalue weighted by Crippen LogP contribution is -2.72. The number of ether oxygens (including phenoxy) is 10. The van der Waals surface area contributed by atoms with E-state index in [0.29, 0.717) is 25.7 Å². The minimum atomic E-state index is -2.15. The number of nitrogens with one attached hydrogen (secondary N) is 12. The Morgan fingerprint density at radius 3 is 1.02 bits per heavy atom. The molecule has 0 unspecified atom stereocenters. The highest BCUT2D eigenvalue weighted by molar-refractivity contribution is 5.95. The molecule has 0 aromatic heterocycles. The molecule has 14 amide bonds. The van der Waals surface area contributed by atoms with E-state index in [4.69, 9.17) is 70.3 Å². The van der Waals surface area contributed by atoms with Gasteiger partial charge in [0.2, 0.25) is 82.7 Å². The number of nitrogens with two attached hydrogens (primary N) is 4. The van der Waals surface area contributed by atoms with Gasteiger partial charge in [0.15, 0.2) is 25.2 Å². The Kier molecular flexibility index (Phi) is 45.6. The highest BCUT2D eigenvalue weighted by Gasteiger charge is 2.58. The molecule has 0 saturated carbocycles. The first-order chi connectivity index (χ1) is 58.8. The molecule has 51 nitrogen and oxygen atoms in total. The van der Waals surface area contributed by atoms with E-state index in [1.165, 1.54) is 41.5 Å². The predicted octanol–water partition coefficient (Wildman–Crippen LogP) is -12.4. The van der Waals surface area contributed by atoms with Crippen molar-refractivity contribution in [2.45, 2.75) is 323 Å². The Labute approximate surface area is 718 Å². The minimum absolute atomic E-state index is 0.0639. The van der Waals surface area contributed by atoms with Gasteiger partial charge in [0.1, 0.15) is 158 Å². The largest absolute Gasteiger partial charge is 0.480 e. The lowest BCUT2D eigenvalue weighted by atomic mass is 9.93. The topological polar surface area (TPSA) is 796 Å². The minimum Gasteiger partial charge on any atom is -0.480 e. The molecule has 0 spiro atoms. The Hall–Kier alpha value is -9.24. The van der Waals surface area contributed by atoms with Crippen molar-refractivity contribution in [3.63, 3.8) is 0 Å². The first-order valence-corrected chi connectivity index (χ1v) is 40.7. The van der Waals surface area contributed by atoms with Gasteiger partial charge in [-0.3, -0.25) is 76.7 Å². The first kappa shape index (κ1) is 108. The smallest absolute Gasteiger partial charge is 0.325 e. The van der Waals surface area contributed by atoms with Gasteiger partial charge in [0.25, 0.3) is 0 Å². The summed E-state index contributed by atoms with van der Waals surface area (Å²) in [7, 11) is 0. The van der Waals surface area contributed by atoms with Crippen LogP contribution in [0.2, 0.25) is 0 Å². The number of aliphatic hydroxyl groups is 7. The number of hydrogen-bond acceptors (Lipinski definition) is 35. The molecule has 4 rings (SSSR count). The third-order valence-corrected chi connectivity index (χ3v) is 20.3. The molecular weight excluding hydrogens is 1670 g/mol. The zero-order chi connectivity index (χ0) is 94.1. The average Bonchev–Trinajstić information content (AvgIpc) is 0.760. The molecule has 125 heavy (non-hydrogen) atoms. The van der Waals surface area contributed by atoms with Gasteiger partial charge in [-0.15, -0.1) is 0 Å². The van der Waals surface area contributed by atoms with Crippen LogP contribution < -0.4 is 86.7 Å². The van der Waals surface area contributed by atoms with Gasteiger partial charge in [-0.25, -0.2) is 0 Å². The number of carboxylic acid groups (broad SMARTS) is 2. The van der Waals surface area contributed by atoms with E-state index in [9.17, 15) is 123 Å². The van der Waals surface area contributed by atoms with E-state index in [2.05, 4.69) is 63.8 Å². The molecule has 0 bridgehead atoms. The molecule has 4 aliphatic rings. The number of aliphatic hydroxyl groups excluding tert-OH is 7. The number of carboxylic acids is 2. The maximum atomic E-state index is 14.2. The van der Waals surface area contributed by atoms with Crippen LogP contribution in [0.5, 0.6) is 0 Å². The molecular formula is C74H126N16O35. The fourth-order valence-electron chi connectivity index (χ4n) is 13.7. The monoisotopic (exact) mass is 1800 g/mol. The molecule has 4 fully saturated rings. The van der Waals surface area contributed by atoms with Crippen molar-refractivity contribution in [3.05, 3.63) is 0 Å². The third kappa shape index (κ3) is 33.2. The lowest BCUT2D eigenvalue weighted by Gasteiger charge is -2.51. The summed E-state index contributed by atoms with van der Waals surface area (Å²) in [6.45, 7) is 8.87. The number of amides is 14. The van der Waals surface area contributed by atoms with Crippen LogP contribution in [0.3, 0.4) is 0 Å². The van der Waals surface area contributed by atoms with Gasteiger partial charge in [0.05, 0.1) is 26.4 Å². The maximum Gasteiger partial charge on any atom is 0.325 e. The van der Waals surface area contributed by atoms with Gasteiger partial charge < -0.3 is 180 Å². The Morgan fingerprint density at radius 1 is 0.360 bits per heavy atom. The fourth-order valence-corrected chi connectivity index (χ4v) is 13.7. The maximum absolute atomic E-state index is 14.2. The molecule has 51 heteroatoms. The van der Waals surface area contributed by atoms with Crippen LogP contribution in [0.25, 0.3) is 0 Å². The van der Waals surface area contributed by atoms with E-state index in [-0.39, 0.29) is 32.5 Å². The second-order valence-electron chi connectivity index (χ2n) is 30.4. The zero-order valence-corrected chi connectivity index (χ0v) is 71.3. The molecule has 29 N–H and O–H groups in total.